The highest BCUT2D eigenvalue weighted by Gasteiger charge is 2.19. The molecule has 0 unspecified atom stereocenters. The summed E-state index contributed by atoms with van der Waals surface area (Å²) in [5, 5.41) is 16.4. The van der Waals surface area contributed by atoms with E-state index in [1.54, 1.807) is 0 Å². The van der Waals surface area contributed by atoms with Crippen LogP contribution in [0.2, 0.25) is 0 Å². The number of nitrogens with zero attached hydrogens (tertiary/aromatic N) is 2. The molecular weight excluding hydrogens is 403 g/mol. The number of aryl methyl sites for hydroxylation is 1. The normalized spacial score (nSPS) is 21.4. The molecule has 3 N–H and O–H groups in total. The molecule has 1 aromatic rings. The van der Waals surface area contributed by atoms with Gasteiger partial charge in [-0.05, 0) is 63.1 Å². The molecule has 0 amide bonds. The number of aliphatic hydroxyl groups is 1. The number of aromatic nitrogens is 1. The molecule has 0 radical (unpaired) electrons. The van der Waals surface area contributed by atoms with Crippen molar-refractivity contribution in [2.75, 3.05) is 13.1 Å². The number of nitrogens with one attached hydrogen (secondary N) is 2. The molecule has 1 fully saturated rings. The van der Waals surface area contributed by atoms with Crippen LogP contribution in [0.15, 0.2) is 23.5 Å². The number of pyridine rings is 1. The lowest BCUT2D eigenvalue weighted by Crippen LogP contribution is -2.45. The standard InChI is InChI=1S/C17H28N4O.HI/c1-3-19-17(21-15-4-6-16(22)7-5-15)20-11-9-14-8-10-18-12-13(14)2;/h8,10,12,15-16,22H,3-7,9,11H2,1-2H3,(H2,19,20,21);1H. The monoisotopic (exact) mass is 432 g/mol. The van der Waals surface area contributed by atoms with Crippen molar-refractivity contribution >= 4 is 29.9 Å². The Labute approximate surface area is 156 Å². The second kappa shape index (κ2) is 10.8. The summed E-state index contributed by atoms with van der Waals surface area (Å²) in [4.78, 5) is 8.79. The second-order valence-electron chi connectivity index (χ2n) is 5.96. The van der Waals surface area contributed by atoms with E-state index in [0.717, 1.165) is 51.2 Å². The van der Waals surface area contributed by atoms with Crippen LogP contribution < -0.4 is 10.6 Å². The summed E-state index contributed by atoms with van der Waals surface area (Å²) in [6, 6.07) is 2.48. The first-order chi connectivity index (χ1) is 10.7. The minimum absolute atomic E-state index is 0. The molecule has 2 rings (SSSR count). The van der Waals surface area contributed by atoms with Crippen molar-refractivity contribution in [2.45, 2.75) is 58.1 Å². The number of aliphatic hydroxyl groups excluding tert-OH is 1. The van der Waals surface area contributed by atoms with Crippen molar-refractivity contribution < 1.29 is 5.11 Å². The van der Waals surface area contributed by atoms with Gasteiger partial charge in [0, 0.05) is 31.5 Å². The Balaban J connectivity index is 0.00000264. The highest BCUT2D eigenvalue weighted by atomic mass is 127. The fourth-order valence-corrected chi connectivity index (χ4v) is 2.80. The van der Waals surface area contributed by atoms with Crippen LogP contribution in [0.5, 0.6) is 0 Å². The van der Waals surface area contributed by atoms with Gasteiger partial charge in [0.05, 0.1) is 6.10 Å². The lowest BCUT2D eigenvalue weighted by molar-refractivity contribution is 0.120. The first-order valence-corrected chi connectivity index (χ1v) is 8.31. The number of hydrogen-bond donors (Lipinski definition) is 3. The minimum Gasteiger partial charge on any atom is -0.393 e. The summed E-state index contributed by atoms with van der Waals surface area (Å²) in [7, 11) is 0. The van der Waals surface area contributed by atoms with E-state index in [2.05, 4.69) is 40.5 Å². The van der Waals surface area contributed by atoms with Gasteiger partial charge >= 0.3 is 0 Å². The maximum Gasteiger partial charge on any atom is 0.191 e. The maximum atomic E-state index is 9.58. The van der Waals surface area contributed by atoms with Gasteiger partial charge in [0.15, 0.2) is 5.96 Å². The first kappa shape index (κ1) is 20.2. The van der Waals surface area contributed by atoms with E-state index in [0.29, 0.717) is 6.04 Å². The highest BCUT2D eigenvalue weighted by molar-refractivity contribution is 14.0. The van der Waals surface area contributed by atoms with Crippen molar-refractivity contribution in [3.63, 3.8) is 0 Å². The van der Waals surface area contributed by atoms with Crippen molar-refractivity contribution in [2.24, 2.45) is 4.99 Å². The Hall–Kier alpha value is -0.890. The predicted octanol–water partition coefficient (Wildman–Crippen LogP) is 2.41. The summed E-state index contributed by atoms with van der Waals surface area (Å²) in [5.74, 6) is 0.885. The van der Waals surface area contributed by atoms with E-state index < -0.39 is 0 Å². The fraction of sp³-hybridized carbons (Fsp3) is 0.647. The number of guanidine groups is 1. The molecule has 1 aliphatic carbocycles. The third-order valence-corrected chi connectivity index (χ3v) is 4.17. The van der Waals surface area contributed by atoms with E-state index in [1.807, 2.05) is 12.4 Å². The molecular formula is C17H29IN4O. The molecule has 23 heavy (non-hydrogen) atoms. The van der Waals surface area contributed by atoms with Crippen molar-refractivity contribution in [3.05, 3.63) is 29.6 Å². The van der Waals surface area contributed by atoms with E-state index >= 15 is 0 Å². The molecule has 0 aliphatic heterocycles. The van der Waals surface area contributed by atoms with Gasteiger partial charge in [-0.15, -0.1) is 24.0 Å². The van der Waals surface area contributed by atoms with Gasteiger partial charge < -0.3 is 15.7 Å². The summed E-state index contributed by atoms with van der Waals surface area (Å²) < 4.78 is 0. The lowest BCUT2D eigenvalue weighted by Gasteiger charge is -2.27. The summed E-state index contributed by atoms with van der Waals surface area (Å²) >= 11 is 0. The molecule has 0 saturated heterocycles. The highest BCUT2D eigenvalue weighted by Crippen LogP contribution is 2.18. The zero-order valence-electron chi connectivity index (χ0n) is 14.1. The van der Waals surface area contributed by atoms with Crippen LogP contribution in [0.3, 0.4) is 0 Å². The van der Waals surface area contributed by atoms with Gasteiger partial charge in [0.2, 0.25) is 0 Å². The first-order valence-electron chi connectivity index (χ1n) is 8.31. The Bertz CT molecular complexity index is 487. The Morgan fingerprint density at radius 1 is 1.35 bits per heavy atom. The van der Waals surface area contributed by atoms with Gasteiger partial charge in [-0.25, -0.2) is 0 Å². The number of hydrogen-bond acceptors (Lipinski definition) is 3. The van der Waals surface area contributed by atoms with Crippen LogP contribution in [0.1, 0.15) is 43.7 Å². The van der Waals surface area contributed by atoms with Crippen molar-refractivity contribution in [1.82, 2.24) is 15.6 Å². The average Bonchev–Trinajstić information content (AvgIpc) is 2.51. The molecule has 1 aliphatic rings. The van der Waals surface area contributed by atoms with Crippen LogP contribution >= 0.6 is 24.0 Å². The van der Waals surface area contributed by atoms with E-state index in [9.17, 15) is 5.11 Å². The van der Waals surface area contributed by atoms with Gasteiger partial charge in [-0.3, -0.25) is 9.98 Å². The van der Waals surface area contributed by atoms with E-state index in [-0.39, 0.29) is 30.1 Å². The lowest BCUT2D eigenvalue weighted by atomic mass is 9.93. The van der Waals surface area contributed by atoms with Gasteiger partial charge in [0.25, 0.3) is 0 Å². The Morgan fingerprint density at radius 2 is 2.09 bits per heavy atom. The summed E-state index contributed by atoms with van der Waals surface area (Å²) in [6.07, 6.45) is 8.32. The molecule has 1 saturated carbocycles. The van der Waals surface area contributed by atoms with Crippen LogP contribution in [0, 0.1) is 6.92 Å². The number of rotatable bonds is 5. The minimum atomic E-state index is -0.118. The molecule has 0 aromatic carbocycles. The van der Waals surface area contributed by atoms with Crippen molar-refractivity contribution in [3.8, 4) is 0 Å². The van der Waals surface area contributed by atoms with Crippen LogP contribution in [0.4, 0.5) is 0 Å². The van der Waals surface area contributed by atoms with Crippen LogP contribution in [0.25, 0.3) is 0 Å². The maximum absolute atomic E-state index is 9.58. The third kappa shape index (κ3) is 7.03. The van der Waals surface area contributed by atoms with E-state index in [1.165, 1.54) is 11.1 Å². The Morgan fingerprint density at radius 3 is 2.74 bits per heavy atom. The molecule has 0 bridgehead atoms. The third-order valence-electron chi connectivity index (χ3n) is 4.17. The largest absolute Gasteiger partial charge is 0.393 e. The van der Waals surface area contributed by atoms with Crippen LogP contribution in [-0.4, -0.2) is 41.3 Å². The fourth-order valence-electron chi connectivity index (χ4n) is 2.80. The van der Waals surface area contributed by atoms with Gasteiger partial charge in [-0.2, -0.15) is 0 Å². The number of halogens is 1. The van der Waals surface area contributed by atoms with Gasteiger partial charge in [-0.1, -0.05) is 0 Å². The smallest absolute Gasteiger partial charge is 0.191 e. The average molecular weight is 432 g/mol. The summed E-state index contributed by atoms with van der Waals surface area (Å²) in [5.41, 5.74) is 2.52. The SMILES string of the molecule is CCNC(=NCCc1ccncc1C)NC1CCC(O)CC1.I. The molecule has 6 heteroatoms. The molecule has 0 atom stereocenters. The molecule has 130 valence electrons. The molecule has 5 nitrogen and oxygen atoms in total. The second-order valence-corrected chi connectivity index (χ2v) is 5.96. The van der Waals surface area contributed by atoms with Gasteiger partial charge in [0.1, 0.15) is 0 Å². The topological polar surface area (TPSA) is 69.5 Å². The Kier molecular flexibility index (Phi) is 9.47. The van der Waals surface area contributed by atoms with Crippen LogP contribution in [-0.2, 0) is 6.42 Å². The zero-order valence-corrected chi connectivity index (χ0v) is 16.4. The quantitative estimate of drug-likeness (QED) is 0.380. The summed E-state index contributed by atoms with van der Waals surface area (Å²) in [6.45, 7) is 5.78. The number of aliphatic imine (C=N–C) groups is 1. The molecule has 0 spiro atoms. The predicted molar refractivity (Wildman–Crippen MR) is 105 cm³/mol. The van der Waals surface area contributed by atoms with E-state index in [4.69, 9.17) is 0 Å². The molecule has 1 heterocycles. The van der Waals surface area contributed by atoms with Crippen molar-refractivity contribution in [1.29, 1.82) is 0 Å². The molecule has 1 aromatic heterocycles. The zero-order chi connectivity index (χ0) is 15.8.